The first kappa shape index (κ1) is 15.6. The van der Waals surface area contributed by atoms with E-state index in [0.29, 0.717) is 10.2 Å². The Morgan fingerprint density at radius 2 is 2.22 bits per heavy atom. The molecule has 3 aromatic rings. The van der Waals surface area contributed by atoms with Gasteiger partial charge in [0.05, 0.1) is 27.4 Å². The highest BCUT2D eigenvalue weighted by Gasteiger charge is 2.28. The van der Waals surface area contributed by atoms with Crippen molar-refractivity contribution in [1.82, 2.24) is 9.97 Å². The summed E-state index contributed by atoms with van der Waals surface area (Å²) in [5.74, 6) is -0.413. The van der Waals surface area contributed by atoms with Gasteiger partial charge in [-0.05, 0) is 25.1 Å². The minimum absolute atomic E-state index is 0.0846. The number of benzene rings is 1. The fraction of sp³-hybridized carbons (Fsp3) is 0.133. The summed E-state index contributed by atoms with van der Waals surface area (Å²) in [6.45, 7) is 1.81. The molecule has 118 valence electrons. The van der Waals surface area contributed by atoms with Gasteiger partial charge in [-0.1, -0.05) is 17.7 Å². The van der Waals surface area contributed by atoms with Gasteiger partial charge in [0.15, 0.2) is 5.82 Å². The summed E-state index contributed by atoms with van der Waals surface area (Å²) < 4.78 is 20.0. The molecule has 0 aliphatic rings. The number of nitrogens with zero attached hydrogens (tertiary/aromatic N) is 3. The molecule has 0 atom stereocenters. The topological polar surface area (TPSA) is 55.3 Å². The van der Waals surface area contributed by atoms with Crippen molar-refractivity contribution >= 4 is 50.8 Å². The Balaban J connectivity index is 2.25. The highest BCUT2D eigenvalue weighted by molar-refractivity contribution is 7.17. The second-order valence-electron chi connectivity index (χ2n) is 4.44. The Hall–Kier alpha value is -2.25. The van der Waals surface area contributed by atoms with E-state index in [9.17, 15) is 9.18 Å². The lowest BCUT2D eigenvalue weighted by molar-refractivity contribution is 0.162. The number of thiazole rings is 1. The summed E-state index contributed by atoms with van der Waals surface area (Å²) >= 11 is 7.41. The normalized spacial score (nSPS) is 10.7. The Kier molecular flexibility index (Phi) is 4.40. The van der Waals surface area contributed by atoms with Gasteiger partial charge >= 0.3 is 6.09 Å². The van der Waals surface area contributed by atoms with Crippen LogP contribution in [0.5, 0.6) is 0 Å². The van der Waals surface area contributed by atoms with E-state index < -0.39 is 11.9 Å². The van der Waals surface area contributed by atoms with E-state index in [2.05, 4.69) is 9.97 Å². The number of carbonyl (C=O) groups is 1. The fourth-order valence-corrected chi connectivity index (χ4v) is 3.12. The molecule has 0 radical (unpaired) electrons. The summed E-state index contributed by atoms with van der Waals surface area (Å²) in [7, 11) is 0. The second-order valence-corrected chi connectivity index (χ2v) is 5.70. The van der Waals surface area contributed by atoms with Crippen molar-refractivity contribution in [3.05, 3.63) is 46.8 Å². The van der Waals surface area contributed by atoms with Gasteiger partial charge in [0.1, 0.15) is 11.5 Å². The average molecular weight is 352 g/mol. The number of hydrogen-bond acceptors (Lipinski definition) is 5. The first-order valence-electron chi connectivity index (χ1n) is 6.72. The van der Waals surface area contributed by atoms with Crippen LogP contribution < -0.4 is 4.90 Å². The van der Waals surface area contributed by atoms with Crippen molar-refractivity contribution in [3.8, 4) is 0 Å². The Labute approximate surface area is 140 Å². The molecule has 1 aromatic carbocycles. The standard InChI is InChI=1S/C15H11ClFN3O2S/c1-2-22-15(21)20(12-9(16)4-3-5-10(12)17)14-13-11(6-7-18-14)19-8-23-13/h3-8H,2H2,1H3. The lowest BCUT2D eigenvalue weighted by atomic mass is 10.2. The molecule has 0 unspecified atom stereocenters. The third-order valence-electron chi connectivity index (χ3n) is 3.05. The maximum absolute atomic E-state index is 14.3. The van der Waals surface area contributed by atoms with Gasteiger partial charge in [0.25, 0.3) is 0 Å². The van der Waals surface area contributed by atoms with Crippen LogP contribution in [0.1, 0.15) is 6.92 Å². The van der Waals surface area contributed by atoms with Gasteiger partial charge in [-0.3, -0.25) is 0 Å². The first-order valence-corrected chi connectivity index (χ1v) is 7.98. The maximum atomic E-state index is 14.3. The summed E-state index contributed by atoms with van der Waals surface area (Å²) in [5.41, 5.74) is 2.19. The van der Waals surface area contributed by atoms with Crippen molar-refractivity contribution in [3.63, 3.8) is 0 Å². The molecule has 0 aliphatic carbocycles. The largest absolute Gasteiger partial charge is 0.449 e. The van der Waals surface area contributed by atoms with Crippen LogP contribution >= 0.6 is 22.9 Å². The zero-order valence-corrected chi connectivity index (χ0v) is 13.6. The van der Waals surface area contributed by atoms with Crippen molar-refractivity contribution in [1.29, 1.82) is 0 Å². The van der Waals surface area contributed by atoms with Crippen molar-refractivity contribution in [2.45, 2.75) is 6.92 Å². The number of rotatable bonds is 3. The van der Waals surface area contributed by atoms with Gasteiger partial charge in [-0.25, -0.2) is 24.1 Å². The minimum Gasteiger partial charge on any atom is -0.449 e. The lowest BCUT2D eigenvalue weighted by Crippen LogP contribution is -2.28. The summed E-state index contributed by atoms with van der Waals surface area (Å²) in [6, 6.07) is 5.89. The summed E-state index contributed by atoms with van der Waals surface area (Å²) in [5, 5.41) is 0.0846. The molecule has 0 aliphatic heterocycles. The molecular weight excluding hydrogens is 341 g/mol. The Morgan fingerprint density at radius 1 is 1.39 bits per heavy atom. The van der Waals surface area contributed by atoms with E-state index >= 15 is 0 Å². The molecule has 0 saturated carbocycles. The molecule has 0 saturated heterocycles. The molecule has 1 amide bonds. The van der Waals surface area contributed by atoms with Crippen LogP contribution in [0.3, 0.4) is 0 Å². The van der Waals surface area contributed by atoms with Gasteiger partial charge in [0, 0.05) is 6.20 Å². The Bertz CT molecular complexity index is 851. The first-order chi connectivity index (χ1) is 11.1. The number of aromatic nitrogens is 2. The predicted octanol–water partition coefficient (Wildman–Crippen LogP) is 4.78. The van der Waals surface area contributed by atoms with Gasteiger partial charge in [-0.2, -0.15) is 0 Å². The van der Waals surface area contributed by atoms with Gasteiger partial charge < -0.3 is 4.74 Å². The van der Waals surface area contributed by atoms with Crippen LogP contribution in [0.4, 0.5) is 20.7 Å². The quantitative estimate of drug-likeness (QED) is 0.681. The molecule has 2 heterocycles. The number of pyridine rings is 1. The van der Waals surface area contributed by atoms with E-state index in [1.54, 1.807) is 18.5 Å². The van der Waals surface area contributed by atoms with Gasteiger partial charge in [-0.15, -0.1) is 11.3 Å². The number of anilines is 2. The highest BCUT2D eigenvalue weighted by Crippen LogP contribution is 2.38. The zero-order chi connectivity index (χ0) is 16.4. The molecule has 0 fully saturated rings. The average Bonchev–Trinajstić information content (AvgIpc) is 3.00. The summed E-state index contributed by atoms with van der Waals surface area (Å²) in [4.78, 5) is 21.9. The monoisotopic (exact) mass is 351 g/mol. The van der Waals surface area contributed by atoms with Crippen molar-refractivity contribution in [2.24, 2.45) is 0 Å². The molecule has 8 heteroatoms. The molecule has 3 rings (SSSR count). The fourth-order valence-electron chi connectivity index (χ4n) is 2.11. The van der Waals surface area contributed by atoms with E-state index in [-0.39, 0.29) is 23.1 Å². The van der Waals surface area contributed by atoms with Crippen LogP contribution in [-0.2, 0) is 4.74 Å². The predicted molar refractivity (Wildman–Crippen MR) is 88.0 cm³/mol. The molecular formula is C15H11ClFN3O2S. The molecule has 5 nitrogen and oxygen atoms in total. The van der Waals surface area contributed by atoms with Crippen LogP contribution in [0.25, 0.3) is 10.2 Å². The molecule has 0 N–H and O–H groups in total. The number of fused-ring (bicyclic) bond motifs is 1. The SMILES string of the molecule is CCOC(=O)N(c1c(F)cccc1Cl)c1nccc2ncsc12. The highest BCUT2D eigenvalue weighted by atomic mass is 35.5. The third-order valence-corrected chi connectivity index (χ3v) is 4.19. The number of amides is 1. The number of halogens is 2. The van der Waals surface area contributed by atoms with Crippen molar-refractivity contribution in [2.75, 3.05) is 11.5 Å². The van der Waals surface area contributed by atoms with E-state index in [0.717, 1.165) is 4.90 Å². The van der Waals surface area contributed by atoms with Crippen LogP contribution in [0.2, 0.25) is 5.02 Å². The Morgan fingerprint density at radius 3 is 2.96 bits per heavy atom. The molecule has 23 heavy (non-hydrogen) atoms. The second kappa shape index (κ2) is 6.47. The summed E-state index contributed by atoms with van der Waals surface area (Å²) in [6.07, 6.45) is 0.742. The number of ether oxygens (including phenoxy) is 1. The molecule has 2 aromatic heterocycles. The van der Waals surface area contributed by atoms with E-state index in [4.69, 9.17) is 16.3 Å². The van der Waals surface area contributed by atoms with Crippen LogP contribution in [-0.4, -0.2) is 22.7 Å². The maximum Gasteiger partial charge on any atom is 0.420 e. The third kappa shape index (κ3) is 2.85. The smallest absolute Gasteiger partial charge is 0.420 e. The molecule has 0 bridgehead atoms. The number of para-hydroxylation sites is 1. The number of hydrogen-bond donors (Lipinski definition) is 0. The van der Waals surface area contributed by atoms with Crippen LogP contribution in [0.15, 0.2) is 36.0 Å². The van der Waals surface area contributed by atoms with Crippen molar-refractivity contribution < 1.29 is 13.9 Å². The lowest BCUT2D eigenvalue weighted by Gasteiger charge is -2.22. The van der Waals surface area contributed by atoms with Crippen LogP contribution in [0, 0.1) is 5.82 Å². The molecule has 0 spiro atoms. The van der Waals surface area contributed by atoms with Gasteiger partial charge in [0.2, 0.25) is 0 Å². The number of carbonyl (C=O) groups excluding carboxylic acids is 1. The van der Waals surface area contributed by atoms with E-state index in [1.807, 2.05) is 0 Å². The van der Waals surface area contributed by atoms with E-state index in [1.165, 1.54) is 35.7 Å². The zero-order valence-electron chi connectivity index (χ0n) is 12.0. The minimum atomic E-state index is -0.757.